The van der Waals surface area contributed by atoms with Crippen LogP contribution in [0.2, 0.25) is 0 Å². The number of hydrogen-bond donors (Lipinski definition) is 2. The lowest BCUT2D eigenvalue weighted by Crippen LogP contribution is -2.45. The molecule has 5 heteroatoms. The monoisotopic (exact) mass is 283 g/mol. The second-order valence-electron chi connectivity index (χ2n) is 5.44. The van der Waals surface area contributed by atoms with Crippen molar-refractivity contribution in [1.82, 2.24) is 5.32 Å². The van der Waals surface area contributed by atoms with E-state index in [1.165, 1.54) is 11.3 Å². The molecule has 0 bridgehead atoms. The maximum absolute atomic E-state index is 12.0. The summed E-state index contributed by atoms with van der Waals surface area (Å²) in [4.78, 5) is 12.6. The number of amides is 1. The maximum atomic E-state index is 12.0. The van der Waals surface area contributed by atoms with Gasteiger partial charge in [0.25, 0.3) is 5.91 Å². The summed E-state index contributed by atoms with van der Waals surface area (Å²) in [5.74, 6) is 1.23. The molecule has 2 N–H and O–H groups in total. The highest BCUT2D eigenvalue weighted by Gasteiger charge is 2.32. The zero-order valence-corrected chi connectivity index (χ0v) is 12.3. The molecule has 0 unspecified atom stereocenters. The predicted octanol–water partition coefficient (Wildman–Crippen LogP) is 2.43. The summed E-state index contributed by atoms with van der Waals surface area (Å²) in [5, 5.41) is 15.0. The highest BCUT2D eigenvalue weighted by molar-refractivity contribution is 7.12. The highest BCUT2D eigenvalue weighted by atomic mass is 32.1. The molecule has 106 valence electrons. The van der Waals surface area contributed by atoms with Gasteiger partial charge < -0.3 is 15.2 Å². The Morgan fingerprint density at radius 1 is 1.58 bits per heavy atom. The van der Waals surface area contributed by atoms with Crippen molar-refractivity contribution in [1.29, 1.82) is 0 Å². The Hall–Kier alpha value is -1.07. The van der Waals surface area contributed by atoms with Crippen molar-refractivity contribution < 1.29 is 14.6 Å². The Labute approximate surface area is 117 Å². The molecule has 0 radical (unpaired) electrons. The number of ether oxygens (including phenoxy) is 1. The SMILES string of the molecule is COc1csc(C(=O)NCC2(O)CCC(C)CC2)c1. The lowest BCUT2D eigenvalue weighted by atomic mass is 9.79. The number of carbonyl (C=O) groups excluding carboxylic acids is 1. The molecule has 1 aliphatic carbocycles. The molecule has 1 aromatic rings. The van der Waals surface area contributed by atoms with Gasteiger partial charge >= 0.3 is 0 Å². The quantitative estimate of drug-likeness (QED) is 0.892. The van der Waals surface area contributed by atoms with Crippen LogP contribution in [0.4, 0.5) is 0 Å². The van der Waals surface area contributed by atoms with Crippen molar-refractivity contribution in [2.45, 2.75) is 38.2 Å². The summed E-state index contributed by atoms with van der Waals surface area (Å²) < 4.78 is 5.05. The molecular formula is C14H21NO3S. The van der Waals surface area contributed by atoms with E-state index in [9.17, 15) is 9.90 Å². The van der Waals surface area contributed by atoms with Gasteiger partial charge in [-0.15, -0.1) is 11.3 Å². The van der Waals surface area contributed by atoms with Crippen LogP contribution in [0, 0.1) is 5.92 Å². The number of methoxy groups -OCH3 is 1. The molecule has 1 aliphatic rings. The average molecular weight is 283 g/mol. The molecule has 0 aliphatic heterocycles. The number of thiophene rings is 1. The lowest BCUT2D eigenvalue weighted by molar-refractivity contribution is -0.00536. The second kappa shape index (κ2) is 5.92. The van der Waals surface area contributed by atoms with Crippen molar-refractivity contribution in [2.75, 3.05) is 13.7 Å². The summed E-state index contributed by atoms with van der Waals surface area (Å²) in [6, 6.07) is 1.72. The first-order valence-corrected chi connectivity index (χ1v) is 7.53. The topological polar surface area (TPSA) is 58.6 Å². The Bertz CT molecular complexity index is 436. The first kappa shape index (κ1) is 14.3. The first-order chi connectivity index (χ1) is 9.02. The van der Waals surface area contributed by atoms with Crippen LogP contribution in [0.1, 0.15) is 42.3 Å². The van der Waals surface area contributed by atoms with Crippen molar-refractivity contribution in [2.24, 2.45) is 5.92 Å². The largest absolute Gasteiger partial charge is 0.496 e. The molecule has 1 saturated carbocycles. The van der Waals surface area contributed by atoms with E-state index in [0.717, 1.165) is 25.7 Å². The highest BCUT2D eigenvalue weighted by Crippen LogP contribution is 2.31. The predicted molar refractivity (Wildman–Crippen MR) is 75.8 cm³/mol. The summed E-state index contributed by atoms with van der Waals surface area (Å²) in [5.41, 5.74) is -0.733. The van der Waals surface area contributed by atoms with E-state index >= 15 is 0 Å². The van der Waals surface area contributed by atoms with Gasteiger partial charge in [-0.2, -0.15) is 0 Å². The summed E-state index contributed by atoms with van der Waals surface area (Å²) in [6.07, 6.45) is 3.59. The van der Waals surface area contributed by atoms with Gasteiger partial charge in [-0.1, -0.05) is 6.92 Å². The van der Waals surface area contributed by atoms with Crippen molar-refractivity contribution in [3.05, 3.63) is 16.3 Å². The third-order valence-corrected chi connectivity index (χ3v) is 4.73. The fraction of sp³-hybridized carbons (Fsp3) is 0.643. The molecule has 1 amide bonds. The fourth-order valence-corrected chi connectivity index (χ4v) is 3.12. The van der Waals surface area contributed by atoms with Gasteiger partial charge in [-0.25, -0.2) is 0 Å². The molecule has 1 aromatic heterocycles. The maximum Gasteiger partial charge on any atom is 0.261 e. The fourth-order valence-electron chi connectivity index (χ4n) is 2.35. The normalized spacial score (nSPS) is 27.0. The Balaban J connectivity index is 1.86. The summed E-state index contributed by atoms with van der Waals surface area (Å²) in [6.45, 7) is 2.54. The van der Waals surface area contributed by atoms with Crippen molar-refractivity contribution in [3.8, 4) is 5.75 Å². The molecule has 19 heavy (non-hydrogen) atoms. The van der Waals surface area contributed by atoms with Gasteiger partial charge in [0.05, 0.1) is 17.6 Å². The molecule has 0 aromatic carbocycles. The standard InChI is InChI=1S/C14H21NO3S/c1-10-3-5-14(17,6-4-10)9-15-13(16)12-7-11(18-2)8-19-12/h7-8,10,17H,3-6,9H2,1-2H3,(H,15,16). The van der Waals surface area contributed by atoms with Crippen LogP contribution >= 0.6 is 11.3 Å². The van der Waals surface area contributed by atoms with E-state index in [0.29, 0.717) is 23.1 Å². The Kier molecular flexibility index (Phi) is 4.47. The minimum absolute atomic E-state index is 0.139. The number of rotatable bonds is 4. The van der Waals surface area contributed by atoms with Crippen LogP contribution in [0.25, 0.3) is 0 Å². The molecular weight excluding hydrogens is 262 g/mol. The molecule has 1 heterocycles. The summed E-state index contributed by atoms with van der Waals surface area (Å²) >= 11 is 1.35. The average Bonchev–Trinajstić information content (AvgIpc) is 2.89. The molecule has 4 nitrogen and oxygen atoms in total. The van der Waals surface area contributed by atoms with E-state index in [-0.39, 0.29) is 5.91 Å². The van der Waals surface area contributed by atoms with Crippen molar-refractivity contribution in [3.63, 3.8) is 0 Å². The molecule has 2 rings (SSSR count). The van der Waals surface area contributed by atoms with Gasteiger partial charge in [-0.3, -0.25) is 4.79 Å². The van der Waals surface area contributed by atoms with Crippen LogP contribution in [-0.2, 0) is 0 Å². The van der Waals surface area contributed by atoms with E-state index in [1.54, 1.807) is 18.6 Å². The van der Waals surface area contributed by atoms with Crippen LogP contribution in [0.5, 0.6) is 5.75 Å². The molecule has 1 fully saturated rings. The van der Waals surface area contributed by atoms with E-state index in [4.69, 9.17) is 4.74 Å². The number of nitrogens with one attached hydrogen (secondary N) is 1. The van der Waals surface area contributed by atoms with Crippen LogP contribution in [-0.4, -0.2) is 30.3 Å². The van der Waals surface area contributed by atoms with Crippen LogP contribution < -0.4 is 10.1 Å². The van der Waals surface area contributed by atoms with Crippen LogP contribution in [0.15, 0.2) is 11.4 Å². The van der Waals surface area contributed by atoms with Crippen LogP contribution in [0.3, 0.4) is 0 Å². The van der Waals surface area contributed by atoms with Gasteiger partial charge in [0.15, 0.2) is 0 Å². The van der Waals surface area contributed by atoms with Gasteiger partial charge in [0.2, 0.25) is 0 Å². The first-order valence-electron chi connectivity index (χ1n) is 6.65. The Morgan fingerprint density at radius 3 is 2.84 bits per heavy atom. The lowest BCUT2D eigenvalue weighted by Gasteiger charge is -2.34. The second-order valence-corrected chi connectivity index (χ2v) is 6.35. The minimum atomic E-state index is -0.733. The molecule has 0 spiro atoms. The van der Waals surface area contributed by atoms with E-state index < -0.39 is 5.60 Å². The molecule has 0 saturated heterocycles. The smallest absolute Gasteiger partial charge is 0.261 e. The van der Waals surface area contributed by atoms with Gasteiger partial charge in [0, 0.05) is 18.0 Å². The van der Waals surface area contributed by atoms with Crippen molar-refractivity contribution >= 4 is 17.2 Å². The zero-order valence-electron chi connectivity index (χ0n) is 11.4. The summed E-state index contributed by atoms with van der Waals surface area (Å²) in [7, 11) is 1.58. The minimum Gasteiger partial charge on any atom is -0.496 e. The molecule has 0 atom stereocenters. The third-order valence-electron chi connectivity index (χ3n) is 3.82. The van der Waals surface area contributed by atoms with Gasteiger partial charge in [0.1, 0.15) is 5.75 Å². The number of hydrogen-bond acceptors (Lipinski definition) is 4. The van der Waals surface area contributed by atoms with E-state index in [1.807, 2.05) is 0 Å². The number of aliphatic hydroxyl groups is 1. The zero-order chi connectivity index (χ0) is 13.9. The van der Waals surface area contributed by atoms with E-state index in [2.05, 4.69) is 12.2 Å². The Morgan fingerprint density at radius 2 is 2.26 bits per heavy atom. The van der Waals surface area contributed by atoms with Gasteiger partial charge in [-0.05, 0) is 31.6 Å². The third kappa shape index (κ3) is 3.70. The number of carbonyl (C=O) groups is 1.